The molecule has 2 heterocycles. The minimum Gasteiger partial charge on any atom is -0.364 e. The predicted molar refractivity (Wildman–Crippen MR) is 125 cm³/mol. The van der Waals surface area contributed by atoms with Gasteiger partial charge in [-0.3, -0.25) is 9.78 Å². The fourth-order valence-electron chi connectivity index (χ4n) is 3.43. The molecular formula is C23H15ClF3N5O4. The SMILES string of the molecule is NC(=O)c1c(-c2ccc(NC(=O)Nc3cccc(Cl)c3)cc2)c2ccncc2n1OC(=O)C(F)(F)F. The van der Waals surface area contributed by atoms with Gasteiger partial charge in [-0.15, -0.1) is 0 Å². The number of hydrogen-bond donors (Lipinski definition) is 3. The van der Waals surface area contributed by atoms with Gasteiger partial charge in [0, 0.05) is 33.5 Å². The summed E-state index contributed by atoms with van der Waals surface area (Å²) in [6, 6.07) is 13.4. The highest BCUT2D eigenvalue weighted by Gasteiger charge is 2.43. The molecule has 0 spiro atoms. The van der Waals surface area contributed by atoms with Crippen molar-refractivity contribution < 1.29 is 32.4 Å². The van der Waals surface area contributed by atoms with E-state index in [1.807, 2.05) is 0 Å². The summed E-state index contributed by atoms with van der Waals surface area (Å²) in [6.07, 6.45) is -2.83. The molecule has 0 aliphatic rings. The molecule has 0 saturated heterocycles. The van der Waals surface area contributed by atoms with Crippen LogP contribution in [0, 0.1) is 0 Å². The topological polar surface area (TPSA) is 128 Å². The molecule has 36 heavy (non-hydrogen) atoms. The van der Waals surface area contributed by atoms with Crippen LogP contribution >= 0.6 is 11.6 Å². The summed E-state index contributed by atoms with van der Waals surface area (Å²) < 4.78 is 38.9. The first kappa shape index (κ1) is 24.5. The Hall–Kier alpha value is -4.58. The Labute approximate surface area is 205 Å². The molecule has 0 saturated carbocycles. The van der Waals surface area contributed by atoms with Gasteiger partial charge in [-0.2, -0.15) is 17.9 Å². The number of benzene rings is 2. The Kier molecular flexibility index (Phi) is 6.53. The number of pyridine rings is 1. The molecule has 0 aliphatic carbocycles. The summed E-state index contributed by atoms with van der Waals surface area (Å²) >= 11 is 5.90. The van der Waals surface area contributed by atoms with Crippen LogP contribution in [0.25, 0.3) is 22.0 Å². The molecule has 184 valence electrons. The summed E-state index contributed by atoms with van der Waals surface area (Å²) in [5.41, 5.74) is 6.18. The second-order valence-electron chi connectivity index (χ2n) is 7.32. The molecule has 0 bridgehead atoms. The normalized spacial score (nSPS) is 11.2. The summed E-state index contributed by atoms with van der Waals surface area (Å²) in [6.45, 7) is 0. The van der Waals surface area contributed by atoms with Crippen LogP contribution < -0.4 is 21.2 Å². The molecule has 4 N–H and O–H groups in total. The Balaban J connectivity index is 1.67. The predicted octanol–water partition coefficient (Wildman–Crippen LogP) is 4.62. The lowest BCUT2D eigenvalue weighted by atomic mass is 10.0. The van der Waals surface area contributed by atoms with Gasteiger partial charge in [0.15, 0.2) is 5.69 Å². The molecule has 0 aliphatic heterocycles. The molecule has 3 amide bonds. The van der Waals surface area contributed by atoms with Crippen molar-refractivity contribution in [2.45, 2.75) is 6.18 Å². The number of aromatic nitrogens is 2. The highest BCUT2D eigenvalue weighted by atomic mass is 35.5. The zero-order valence-corrected chi connectivity index (χ0v) is 18.7. The molecule has 4 aromatic rings. The first-order chi connectivity index (χ1) is 17.0. The number of urea groups is 1. The van der Waals surface area contributed by atoms with E-state index in [1.165, 1.54) is 36.5 Å². The maximum Gasteiger partial charge on any atom is 0.493 e. The number of alkyl halides is 3. The Morgan fingerprint density at radius 3 is 2.33 bits per heavy atom. The number of nitrogens with two attached hydrogens (primary N) is 1. The summed E-state index contributed by atoms with van der Waals surface area (Å²) in [7, 11) is 0. The van der Waals surface area contributed by atoms with E-state index in [0.29, 0.717) is 26.7 Å². The number of carbonyl (C=O) groups excluding carboxylic acids is 3. The molecule has 4 rings (SSSR count). The largest absolute Gasteiger partial charge is 0.493 e. The van der Waals surface area contributed by atoms with Crippen molar-refractivity contribution in [3.05, 3.63) is 77.7 Å². The van der Waals surface area contributed by atoms with Crippen molar-refractivity contribution in [1.29, 1.82) is 0 Å². The van der Waals surface area contributed by atoms with Crippen LogP contribution in [0.5, 0.6) is 0 Å². The van der Waals surface area contributed by atoms with Crippen molar-refractivity contribution in [3.63, 3.8) is 0 Å². The van der Waals surface area contributed by atoms with Crippen LogP contribution in [0.15, 0.2) is 67.0 Å². The Bertz CT molecular complexity index is 1490. The molecule has 0 fully saturated rings. The van der Waals surface area contributed by atoms with Crippen LogP contribution in [0.2, 0.25) is 5.02 Å². The lowest BCUT2D eigenvalue weighted by molar-refractivity contribution is -0.199. The fraction of sp³-hybridized carbons (Fsp3) is 0.0435. The molecule has 0 radical (unpaired) electrons. The lowest BCUT2D eigenvalue weighted by Gasteiger charge is -2.11. The average molecular weight is 518 g/mol. The quantitative estimate of drug-likeness (QED) is 0.356. The first-order valence-electron chi connectivity index (χ1n) is 10.1. The highest BCUT2D eigenvalue weighted by Crippen LogP contribution is 2.35. The molecule has 2 aromatic carbocycles. The van der Waals surface area contributed by atoms with E-state index in [0.717, 1.165) is 6.20 Å². The number of fused-ring (bicyclic) bond motifs is 1. The van der Waals surface area contributed by atoms with Gasteiger partial charge in [-0.1, -0.05) is 29.8 Å². The number of carbonyl (C=O) groups is 3. The first-order valence-corrected chi connectivity index (χ1v) is 10.4. The monoisotopic (exact) mass is 517 g/mol. The number of amides is 3. The van der Waals surface area contributed by atoms with Crippen molar-refractivity contribution >= 4 is 51.8 Å². The van der Waals surface area contributed by atoms with Gasteiger partial charge in [0.25, 0.3) is 5.91 Å². The second kappa shape index (κ2) is 9.58. The summed E-state index contributed by atoms with van der Waals surface area (Å²) in [4.78, 5) is 44.3. The third-order valence-electron chi connectivity index (χ3n) is 4.88. The van der Waals surface area contributed by atoms with Crippen LogP contribution in [0.3, 0.4) is 0 Å². The van der Waals surface area contributed by atoms with Gasteiger partial charge in [0.2, 0.25) is 0 Å². The minimum atomic E-state index is -5.31. The molecule has 0 atom stereocenters. The van der Waals surface area contributed by atoms with Gasteiger partial charge in [-0.25, -0.2) is 9.59 Å². The number of nitrogens with zero attached hydrogens (tertiary/aromatic N) is 2. The van der Waals surface area contributed by atoms with Crippen molar-refractivity contribution in [3.8, 4) is 11.1 Å². The van der Waals surface area contributed by atoms with Crippen LogP contribution in [-0.2, 0) is 4.79 Å². The number of rotatable bonds is 5. The van der Waals surface area contributed by atoms with E-state index in [-0.39, 0.29) is 16.5 Å². The number of anilines is 2. The van der Waals surface area contributed by atoms with E-state index in [1.54, 1.807) is 24.3 Å². The number of hydrogen-bond acceptors (Lipinski definition) is 5. The van der Waals surface area contributed by atoms with Crippen LogP contribution in [0.4, 0.5) is 29.3 Å². The number of halogens is 4. The van der Waals surface area contributed by atoms with E-state index in [4.69, 9.17) is 17.3 Å². The zero-order valence-electron chi connectivity index (χ0n) is 18.0. The average Bonchev–Trinajstić information content (AvgIpc) is 3.13. The van der Waals surface area contributed by atoms with E-state index in [9.17, 15) is 27.6 Å². The van der Waals surface area contributed by atoms with E-state index >= 15 is 0 Å². The second-order valence-corrected chi connectivity index (χ2v) is 7.75. The maximum absolute atomic E-state index is 12.8. The lowest BCUT2D eigenvalue weighted by Crippen LogP contribution is -2.35. The van der Waals surface area contributed by atoms with Crippen LogP contribution in [-0.4, -0.2) is 33.8 Å². The number of nitrogens with one attached hydrogen (secondary N) is 2. The summed E-state index contributed by atoms with van der Waals surface area (Å²) in [5.74, 6) is -3.68. The summed E-state index contributed by atoms with van der Waals surface area (Å²) in [5, 5.41) is 5.93. The van der Waals surface area contributed by atoms with Gasteiger partial charge in [-0.05, 0) is 42.0 Å². The smallest absolute Gasteiger partial charge is 0.364 e. The molecular weight excluding hydrogens is 503 g/mol. The molecule has 0 unspecified atom stereocenters. The minimum absolute atomic E-state index is 0.0815. The van der Waals surface area contributed by atoms with Crippen molar-refractivity contribution in [2.24, 2.45) is 5.73 Å². The molecule has 9 nitrogen and oxygen atoms in total. The highest BCUT2D eigenvalue weighted by molar-refractivity contribution is 6.30. The third-order valence-corrected chi connectivity index (χ3v) is 5.12. The van der Waals surface area contributed by atoms with Gasteiger partial charge in [0.1, 0.15) is 5.52 Å². The molecule has 13 heteroatoms. The van der Waals surface area contributed by atoms with Gasteiger partial charge in [0.05, 0.1) is 6.20 Å². The standard InChI is InChI=1S/C23H15ClF3N5O4/c24-13-2-1-3-15(10-13)31-22(35)30-14-6-4-12(5-7-14)18-16-8-9-29-11-17(16)32(19(18)20(28)33)36-21(34)23(25,26)27/h1-11H,(H2,28,33)(H2,30,31,35). The third kappa shape index (κ3) is 5.08. The Morgan fingerprint density at radius 1 is 1.00 bits per heavy atom. The van der Waals surface area contributed by atoms with Crippen molar-refractivity contribution in [2.75, 3.05) is 10.6 Å². The Morgan fingerprint density at radius 2 is 1.69 bits per heavy atom. The van der Waals surface area contributed by atoms with Gasteiger partial charge >= 0.3 is 18.2 Å². The fourth-order valence-corrected chi connectivity index (χ4v) is 3.62. The number of primary amides is 1. The van der Waals surface area contributed by atoms with Gasteiger partial charge < -0.3 is 21.2 Å². The van der Waals surface area contributed by atoms with E-state index < -0.39 is 29.8 Å². The maximum atomic E-state index is 12.8. The van der Waals surface area contributed by atoms with E-state index in [2.05, 4.69) is 20.5 Å². The van der Waals surface area contributed by atoms with Crippen LogP contribution in [0.1, 0.15) is 10.5 Å². The molecule has 2 aromatic heterocycles. The van der Waals surface area contributed by atoms with Crippen molar-refractivity contribution in [1.82, 2.24) is 9.71 Å². The zero-order chi connectivity index (χ0) is 26.0.